The van der Waals surface area contributed by atoms with Crippen molar-refractivity contribution in [1.29, 1.82) is 0 Å². The zero-order valence-electron chi connectivity index (χ0n) is 14.6. The van der Waals surface area contributed by atoms with Gasteiger partial charge in [-0.05, 0) is 48.5 Å². The maximum atomic E-state index is 12.0. The van der Waals surface area contributed by atoms with Gasteiger partial charge in [0.25, 0.3) is 0 Å². The fourth-order valence-electron chi connectivity index (χ4n) is 2.33. The third-order valence-corrected chi connectivity index (χ3v) is 3.76. The Kier molecular flexibility index (Phi) is 5.48. The van der Waals surface area contributed by atoms with Crippen LogP contribution in [0.3, 0.4) is 0 Å². The summed E-state index contributed by atoms with van der Waals surface area (Å²) in [7, 11) is 3.20. The normalized spacial score (nSPS) is 10.4. The minimum atomic E-state index is -0.126. The number of anilines is 1. The highest BCUT2D eigenvalue weighted by Gasteiger charge is 2.11. The molecule has 0 radical (unpaired) electrons. The molecule has 3 rings (SSSR count). The lowest BCUT2D eigenvalue weighted by Gasteiger charge is -2.05. The second-order valence-corrected chi connectivity index (χ2v) is 5.52. The number of carbonyl (C=O) groups is 1. The summed E-state index contributed by atoms with van der Waals surface area (Å²) in [6.07, 6.45) is 0.613. The van der Waals surface area contributed by atoms with Crippen molar-refractivity contribution < 1.29 is 18.8 Å². The fraction of sp³-hybridized carbons (Fsp3) is 0.211. The van der Waals surface area contributed by atoms with Crippen LogP contribution in [-0.2, 0) is 11.2 Å². The van der Waals surface area contributed by atoms with E-state index in [0.717, 1.165) is 17.1 Å². The molecule has 134 valence electrons. The van der Waals surface area contributed by atoms with Gasteiger partial charge in [-0.15, -0.1) is 0 Å². The Morgan fingerprint density at radius 3 is 2.23 bits per heavy atom. The zero-order chi connectivity index (χ0) is 18.4. The van der Waals surface area contributed by atoms with Crippen LogP contribution in [-0.4, -0.2) is 30.3 Å². The number of hydrogen-bond acceptors (Lipinski definition) is 6. The van der Waals surface area contributed by atoms with Crippen molar-refractivity contribution in [2.24, 2.45) is 0 Å². The Morgan fingerprint density at radius 1 is 1.00 bits per heavy atom. The molecule has 0 atom stereocenters. The zero-order valence-corrected chi connectivity index (χ0v) is 14.6. The van der Waals surface area contributed by atoms with E-state index in [1.807, 2.05) is 24.3 Å². The summed E-state index contributed by atoms with van der Waals surface area (Å²) in [6, 6.07) is 14.5. The minimum Gasteiger partial charge on any atom is -0.497 e. The van der Waals surface area contributed by atoms with E-state index in [0.29, 0.717) is 23.8 Å². The summed E-state index contributed by atoms with van der Waals surface area (Å²) in [5.41, 5.74) is 1.53. The topological polar surface area (TPSA) is 86.5 Å². The van der Waals surface area contributed by atoms with Gasteiger partial charge in [0, 0.05) is 24.1 Å². The molecule has 2 aromatic carbocycles. The van der Waals surface area contributed by atoms with Gasteiger partial charge in [-0.25, -0.2) is 0 Å². The molecule has 0 aliphatic rings. The molecule has 0 aliphatic carbocycles. The van der Waals surface area contributed by atoms with Gasteiger partial charge in [0.1, 0.15) is 11.5 Å². The smallest absolute Gasteiger partial charge is 0.227 e. The van der Waals surface area contributed by atoms with Crippen molar-refractivity contribution in [2.75, 3.05) is 19.5 Å². The van der Waals surface area contributed by atoms with Gasteiger partial charge < -0.3 is 19.3 Å². The van der Waals surface area contributed by atoms with Crippen LogP contribution in [0.15, 0.2) is 53.1 Å². The molecule has 1 N–H and O–H groups in total. The number of hydrogen-bond donors (Lipinski definition) is 1. The highest BCUT2D eigenvalue weighted by atomic mass is 16.5. The second kappa shape index (κ2) is 8.15. The van der Waals surface area contributed by atoms with Crippen LogP contribution in [0.1, 0.15) is 12.3 Å². The third kappa shape index (κ3) is 4.38. The van der Waals surface area contributed by atoms with Crippen LogP contribution in [0.4, 0.5) is 5.69 Å². The first-order chi connectivity index (χ1) is 12.7. The Morgan fingerprint density at radius 2 is 1.62 bits per heavy atom. The molecule has 1 amide bonds. The van der Waals surface area contributed by atoms with E-state index in [2.05, 4.69) is 15.5 Å². The molecule has 26 heavy (non-hydrogen) atoms. The van der Waals surface area contributed by atoms with Crippen LogP contribution in [0.5, 0.6) is 11.5 Å². The van der Waals surface area contributed by atoms with Gasteiger partial charge in [0.15, 0.2) is 0 Å². The number of aryl methyl sites for hydroxylation is 1. The first-order valence-corrected chi connectivity index (χ1v) is 8.09. The predicted molar refractivity (Wildman–Crippen MR) is 96.2 cm³/mol. The van der Waals surface area contributed by atoms with E-state index in [4.69, 9.17) is 14.0 Å². The molecule has 7 heteroatoms. The molecule has 0 fully saturated rings. The standard InChI is InChI=1S/C19H19N3O4/c1-24-15-7-3-13(4-8-15)19-21-18(26-22-19)12-11-17(23)20-14-5-9-16(25-2)10-6-14/h3-10H,11-12H2,1-2H3,(H,20,23). The summed E-state index contributed by atoms with van der Waals surface area (Å²) < 4.78 is 15.4. The first kappa shape index (κ1) is 17.5. The van der Waals surface area contributed by atoms with Crippen molar-refractivity contribution in [3.63, 3.8) is 0 Å². The molecule has 0 unspecified atom stereocenters. The number of nitrogens with one attached hydrogen (secondary N) is 1. The van der Waals surface area contributed by atoms with Gasteiger partial charge in [-0.2, -0.15) is 4.98 Å². The van der Waals surface area contributed by atoms with E-state index in [-0.39, 0.29) is 12.3 Å². The molecule has 0 bridgehead atoms. The highest BCUT2D eigenvalue weighted by Crippen LogP contribution is 2.20. The first-order valence-electron chi connectivity index (χ1n) is 8.09. The van der Waals surface area contributed by atoms with E-state index in [1.54, 1.807) is 38.5 Å². The Bertz CT molecular complexity index is 857. The molecular weight excluding hydrogens is 334 g/mol. The number of ether oxygens (including phenoxy) is 2. The number of carbonyl (C=O) groups excluding carboxylic acids is 1. The lowest BCUT2D eigenvalue weighted by Crippen LogP contribution is -2.12. The Balaban J connectivity index is 1.54. The number of aromatic nitrogens is 2. The van der Waals surface area contributed by atoms with Crippen molar-refractivity contribution in [2.45, 2.75) is 12.8 Å². The lowest BCUT2D eigenvalue weighted by atomic mass is 10.2. The summed E-state index contributed by atoms with van der Waals surface area (Å²) in [5, 5.41) is 6.77. The minimum absolute atomic E-state index is 0.126. The van der Waals surface area contributed by atoms with E-state index in [9.17, 15) is 4.79 Å². The molecule has 1 aromatic heterocycles. The number of benzene rings is 2. The molecule has 0 aliphatic heterocycles. The third-order valence-electron chi connectivity index (χ3n) is 3.76. The van der Waals surface area contributed by atoms with Crippen molar-refractivity contribution in [3.8, 4) is 22.9 Å². The molecule has 0 saturated carbocycles. The van der Waals surface area contributed by atoms with Gasteiger partial charge in [0.05, 0.1) is 14.2 Å². The van der Waals surface area contributed by atoms with E-state index >= 15 is 0 Å². The van der Waals surface area contributed by atoms with Crippen LogP contribution < -0.4 is 14.8 Å². The maximum absolute atomic E-state index is 12.0. The molecule has 0 spiro atoms. The van der Waals surface area contributed by atoms with E-state index in [1.165, 1.54) is 0 Å². The van der Waals surface area contributed by atoms with Crippen LogP contribution in [0, 0.1) is 0 Å². The number of rotatable bonds is 7. The quantitative estimate of drug-likeness (QED) is 0.701. The highest BCUT2D eigenvalue weighted by molar-refractivity contribution is 5.90. The van der Waals surface area contributed by atoms with Crippen molar-refractivity contribution in [3.05, 3.63) is 54.4 Å². The molecule has 0 saturated heterocycles. The maximum Gasteiger partial charge on any atom is 0.227 e. The molecule has 3 aromatic rings. The average Bonchev–Trinajstić information content (AvgIpc) is 3.16. The number of amides is 1. The fourth-order valence-corrected chi connectivity index (χ4v) is 2.33. The number of methoxy groups -OCH3 is 2. The van der Waals surface area contributed by atoms with Crippen LogP contribution in [0.25, 0.3) is 11.4 Å². The van der Waals surface area contributed by atoms with Gasteiger partial charge in [-0.1, -0.05) is 5.16 Å². The van der Waals surface area contributed by atoms with Crippen LogP contribution in [0.2, 0.25) is 0 Å². The van der Waals surface area contributed by atoms with Gasteiger partial charge in [0.2, 0.25) is 17.6 Å². The van der Waals surface area contributed by atoms with E-state index < -0.39 is 0 Å². The van der Waals surface area contributed by atoms with Crippen LogP contribution >= 0.6 is 0 Å². The summed E-state index contributed by atoms with van der Waals surface area (Å²) in [4.78, 5) is 16.4. The lowest BCUT2D eigenvalue weighted by molar-refractivity contribution is -0.116. The number of nitrogens with zero attached hydrogens (tertiary/aromatic N) is 2. The Labute approximate surface area is 150 Å². The van der Waals surface area contributed by atoms with Crippen molar-refractivity contribution >= 4 is 11.6 Å². The second-order valence-electron chi connectivity index (χ2n) is 5.52. The molecular formula is C19H19N3O4. The Hall–Kier alpha value is -3.35. The van der Waals surface area contributed by atoms with Gasteiger partial charge in [-0.3, -0.25) is 4.79 Å². The molecule has 7 nitrogen and oxygen atoms in total. The summed E-state index contributed by atoms with van der Waals surface area (Å²) in [6.45, 7) is 0. The SMILES string of the molecule is COc1ccc(NC(=O)CCc2nc(-c3ccc(OC)cc3)no2)cc1. The average molecular weight is 353 g/mol. The van der Waals surface area contributed by atoms with Gasteiger partial charge >= 0.3 is 0 Å². The summed E-state index contributed by atoms with van der Waals surface area (Å²) >= 11 is 0. The molecule has 1 heterocycles. The van der Waals surface area contributed by atoms with Crippen molar-refractivity contribution in [1.82, 2.24) is 10.1 Å². The monoisotopic (exact) mass is 353 g/mol. The predicted octanol–water partition coefficient (Wildman–Crippen LogP) is 3.33. The largest absolute Gasteiger partial charge is 0.497 e. The summed E-state index contributed by atoms with van der Waals surface area (Å²) in [5.74, 6) is 2.27.